The molecule has 114 valence electrons. The van der Waals surface area contributed by atoms with Crippen LogP contribution in [-0.2, 0) is 0 Å². The highest BCUT2D eigenvalue weighted by Crippen LogP contribution is 2.30. The summed E-state index contributed by atoms with van der Waals surface area (Å²) in [4.78, 5) is 1.90. The number of halogens is 1. The second-order valence-electron chi connectivity index (χ2n) is 5.78. The molecule has 0 radical (unpaired) electrons. The molecule has 2 N–H and O–H groups in total. The number of benzene rings is 1. The summed E-state index contributed by atoms with van der Waals surface area (Å²) in [5, 5.41) is 13.3. The van der Waals surface area contributed by atoms with E-state index in [1.807, 2.05) is 31.7 Å². The van der Waals surface area contributed by atoms with Crippen LogP contribution < -0.4 is 10.2 Å². The molecular weight excluding hydrogens is 255 g/mol. The molecule has 0 amide bonds. The summed E-state index contributed by atoms with van der Waals surface area (Å²) < 4.78 is 14.3. The minimum Gasteiger partial charge on any atom is -0.389 e. The van der Waals surface area contributed by atoms with E-state index in [1.54, 1.807) is 19.9 Å². The maximum atomic E-state index is 14.3. The van der Waals surface area contributed by atoms with Crippen molar-refractivity contribution in [2.75, 3.05) is 24.5 Å². The maximum absolute atomic E-state index is 14.3. The van der Waals surface area contributed by atoms with Gasteiger partial charge in [-0.1, -0.05) is 19.1 Å². The Labute approximate surface area is 121 Å². The van der Waals surface area contributed by atoms with Crippen molar-refractivity contribution in [1.82, 2.24) is 5.32 Å². The lowest BCUT2D eigenvalue weighted by molar-refractivity contribution is 0.0874. The molecule has 0 saturated carbocycles. The minimum atomic E-state index is -0.864. The quantitative estimate of drug-likeness (QED) is 0.806. The highest BCUT2D eigenvalue weighted by atomic mass is 19.1. The molecule has 1 aromatic carbocycles. The molecule has 0 saturated heterocycles. The van der Waals surface area contributed by atoms with Gasteiger partial charge in [-0.05, 0) is 45.9 Å². The van der Waals surface area contributed by atoms with Gasteiger partial charge in [0, 0.05) is 19.1 Å². The predicted molar refractivity (Wildman–Crippen MR) is 82.7 cm³/mol. The zero-order valence-electron chi connectivity index (χ0n) is 13.2. The highest BCUT2D eigenvalue weighted by molar-refractivity contribution is 5.56. The van der Waals surface area contributed by atoms with Gasteiger partial charge in [0.1, 0.15) is 5.82 Å². The zero-order chi connectivity index (χ0) is 15.3. The molecule has 0 aliphatic rings. The van der Waals surface area contributed by atoms with Crippen LogP contribution in [0.2, 0.25) is 0 Å². The Morgan fingerprint density at radius 1 is 1.35 bits per heavy atom. The van der Waals surface area contributed by atoms with Gasteiger partial charge in [-0.3, -0.25) is 0 Å². The van der Waals surface area contributed by atoms with Gasteiger partial charge >= 0.3 is 0 Å². The van der Waals surface area contributed by atoms with E-state index in [0.717, 1.165) is 12.1 Å². The second-order valence-corrected chi connectivity index (χ2v) is 5.78. The topological polar surface area (TPSA) is 35.5 Å². The van der Waals surface area contributed by atoms with Crippen molar-refractivity contribution in [2.24, 2.45) is 0 Å². The zero-order valence-corrected chi connectivity index (χ0v) is 13.2. The van der Waals surface area contributed by atoms with E-state index in [1.165, 1.54) is 6.07 Å². The van der Waals surface area contributed by atoms with Crippen molar-refractivity contribution in [2.45, 2.75) is 46.3 Å². The first kappa shape index (κ1) is 16.9. The molecule has 4 heteroatoms. The number of hydrogen-bond acceptors (Lipinski definition) is 3. The Kier molecular flexibility index (Phi) is 5.96. The largest absolute Gasteiger partial charge is 0.389 e. The number of nitrogens with zero attached hydrogens (tertiary/aromatic N) is 1. The smallest absolute Gasteiger partial charge is 0.146 e. The lowest BCUT2D eigenvalue weighted by Crippen LogP contribution is -2.40. The van der Waals surface area contributed by atoms with E-state index in [9.17, 15) is 9.50 Å². The van der Waals surface area contributed by atoms with Crippen molar-refractivity contribution in [3.8, 4) is 0 Å². The third kappa shape index (κ3) is 4.46. The molecule has 1 aromatic rings. The van der Waals surface area contributed by atoms with E-state index >= 15 is 0 Å². The summed E-state index contributed by atoms with van der Waals surface area (Å²) in [7, 11) is 0. The number of likely N-dealkylation sites (N-methyl/N-ethyl adjacent to an activating group) is 1. The number of para-hydroxylation sites is 1. The monoisotopic (exact) mass is 282 g/mol. The fourth-order valence-electron chi connectivity index (χ4n) is 2.45. The molecular formula is C16H27FN2O. The third-order valence-electron chi connectivity index (χ3n) is 3.27. The SMILES string of the molecule is CCNC(C)c1cccc(F)c1N(CC)CC(C)(C)O. The summed E-state index contributed by atoms with van der Waals surface area (Å²) in [6.45, 7) is 11.4. The van der Waals surface area contributed by atoms with Crippen LogP contribution in [0.4, 0.5) is 10.1 Å². The summed E-state index contributed by atoms with van der Waals surface area (Å²) in [5.74, 6) is -0.238. The Balaban J connectivity index is 3.19. The predicted octanol–water partition coefficient (Wildman–Crippen LogP) is 3.09. The number of aliphatic hydroxyl groups is 1. The van der Waals surface area contributed by atoms with E-state index < -0.39 is 5.60 Å². The van der Waals surface area contributed by atoms with Crippen molar-refractivity contribution in [1.29, 1.82) is 0 Å². The van der Waals surface area contributed by atoms with Gasteiger partial charge in [0.05, 0.1) is 11.3 Å². The Morgan fingerprint density at radius 2 is 2.00 bits per heavy atom. The van der Waals surface area contributed by atoms with Crippen molar-refractivity contribution in [3.05, 3.63) is 29.6 Å². The van der Waals surface area contributed by atoms with E-state index in [0.29, 0.717) is 18.8 Å². The van der Waals surface area contributed by atoms with Crippen LogP contribution in [0.1, 0.15) is 46.2 Å². The molecule has 0 bridgehead atoms. The summed E-state index contributed by atoms with van der Waals surface area (Å²) in [6, 6.07) is 5.23. The molecule has 0 spiro atoms. The lowest BCUT2D eigenvalue weighted by Gasteiger charge is -2.33. The van der Waals surface area contributed by atoms with Crippen molar-refractivity contribution < 1.29 is 9.50 Å². The average Bonchev–Trinajstić information content (AvgIpc) is 2.35. The van der Waals surface area contributed by atoms with E-state index in [2.05, 4.69) is 5.32 Å². The van der Waals surface area contributed by atoms with Gasteiger partial charge in [-0.15, -0.1) is 0 Å². The highest BCUT2D eigenvalue weighted by Gasteiger charge is 2.23. The maximum Gasteiger partial charge on any atom is 0.146 e. The van der Waals surface area contributed by atoms with Crippen LogP contribution >= 0.6 is 0 Å². The molecule has 1 rings (SSSR count). The molecule has 0 fully saturated rings. The molecule has 0 aliphatic carbocycles. The number of anilines is 1. The van der Waals surface area contributed by atoms with Gasteiger partial charge in [-0.25, -0.2) is 4.39 Å². The van der Waals surface area contributed by atoms with Crippen LogP contribution in [0.15, 0.2) is 18.2 Å². The Morgan fingerprint density at radius 3 is 2.50 bits per heavy atom. The van der Waals surface area contributed by atoms with Gasteiger partial charge < -0.3 is 15.3 Å². The molecule has 20 heavy (non-hydrogen) atoms. The lowest BCUT2D eigenvalue weighted by atomic mass is 10.0. The molecule has 0 aliphatic heterocycles. The van der Waals surface area contributed by atoms with Gasteiger partial charge in [0.2, 0.25) is 0 Å². The molecule has 0 aromatic heterocycles. The Bertz CT molecular complexity index is 429. The minimum absolute atomic E-state index is 0.0709. The fourth-order valence-corrected chi connectivity index (χ4v) is 2.45. The standard InChI is InChI=1S/C16H27FN2O/c1-6-18-12(3)13-9-8-10-14(17)15(13)19(7-2)11-16(4,5)20/h8-10,12,18,20H,6-7,11H2,1-5H3. The van der Waals surface area contributed by atoms with Crippen LogP contribution in [-0.4, -0.2) is 30.3 Å². The van der Waals surface area contributed by atoms with Gasteiger partial charge in [0.15, 0.2) is 0 Å². The van der Waals surface area contributed by atoms with Crippen molar-refractivity contribution >= 4 is 5.69 Å². The first-order valence-corrected chi connectivity index (χ1v) is 7.29. The molecule has 3 nitrogen and oxygen atoms in total. The number of hydrogen-bond donors (Lipinski definition) is 2. The molecule has 1 unspecified atom stereocenters. The Hall–Kier alpha value is -1.13. The first-order valence-electron chi connectivity index (χ1n) is 7.29. The normalized spacial score (nSPS) is 13.3. The summed E-state index contributed by atoms with van der Waals surface area (Å²) >= 11 is 0. The van der Waals surface area contributed by atoms with Crippen LogP contribution in [0, 0.1) is 5.82 Å². The van der Waals surface area contributed by atoms with E-state index in [4.69, 9.17) is 0 Å². The van der Waals surface area contributed by atoms with E-state index in [-0.39, 0.29) is 11.9 Å². The molecule has 0 heterocycles. The third-order valence-corrected chi connectivity index (χ3v) is 3.27. The number of rotatable bonds is 7. The molecule has 1 atom stereocenters. The van der Waals surface area contributed by atoms with Crippen LogP contribution in [0.5, 0.6) is 0 Å². The summed E-state index contributed by atoms with van der Waals surface area (Å²) in [6.07, 6.45) is 0. The van der Waals surface area contributed by atoms with Gasteiger partial charge in [-0.2, -0.15) is 0 Å². The first-order chi connectivity index (χ1) is 9.30. The summed E-state index contributed by atoms with van der Waals surface area (Å²) in [5.41, 5.74) is 0.653. The number of nitrogens with one attached hydrogen (secondary N) is 1. The van der Waals surface area contributed by atoms with Crippen molar-refractivity contribution in [3.63, 3.8) is 0 Å². The van der Waals surface area contributed by atoms with Gasteiger partial charge in [0.25, 0.3) is 0 Å². The van der Waals surface area contributed by atoms with Crippen LogP contribution in [0.25, 0.3) is 0 Å². The van der Waals surface area contributed by atoms with Crippen LogP contribution in [0.3, 0.4) is 0 Å². The average molecular weight is 282 g/mol. The second kappa shape index (κ2) is 7.04. The fraction of sp³-hybridized carbons (Fsp3) is 0.625.